The molecule has 0 N–H and O–H groups in total. The molecule has 4 nitrogen and oxygen atoms in total. The summed E-state index contributed by atoms with van der Waals surface area (Å²) in [6.07, 6.45) is 8.19. The Labute approximate surface area is 153 Å². The van der Waals surface area contributed by atoms with Crippen LogP contribution < -0.4 is 0 Å². The van der Waals surface area contributed by atoms with Crippen LogP contribution in [0.4, 0.5) is 4.39 Å². The van der Waals surface area contributed by atoms with Crippen molar-refractivity contribution in [2.24, 2.45) is 5.92 Å². The van der Waals surface area contributed by atoms with E-state index >= 15 is 0 Å². The van der Waals surface area contributed by atoms with E-state index in [0.29, 0.717) is 17.3 Å². The van der Waals surface area contributed by atoms with E-state index in [-0.39, 0.29) is 17.7 Å². The van der Waals surface area contributed by atoms with Crippen LogP contribution in [0.15, 0.2) is 36.5 Å². The summed E-state index contributed by atoms with van der Waals surface area (Å²) >= 11 is 0. The Kier molecular flexibility index (Phi) is 4.96. The standard InChI is InChI=1S/C21H24FN3O/c22-18-9-3-7-16(13-18)20-23-11-10-19(24-20)17-8-4-12-25(14-17)21(26)15-5-1-2-6-15/h3,7,9-11,13,15,17H,1-2,4-6,8,12,14H2/t17-/m0/s1. The van der Waals surface area contributed by atoms with Gasteiger partial charge in [0.25, 0.3) is 0 Å². The normalized spacial score (nSPS) is 21.1. The summed E-state index contributed by atoms with van der Waals surface area (Å²) in [6, 6.07) is 8.29. The second-order valence-corrected chi connectivity index (χ2v) is 7.42. The number of piperidine rings is 1. The number of rotatable bonds is 3. The Bertz CT molecular complexity index is 788. The number of hydrogen-bond donors (Lipinski definition) is 0. The van der Waals surface area contributed by atoms with Crippen LogP contribution in [0.3, 0.4) is 0 Å². The molecule has 26 heavy (non-hydrogen) atoms. The smallest absolute Gasteiger partial charge is 0.225 e. The largest absolute Gasteiger partial charge is 0.342 e. The van der Waals surface area contributed by atoms with Gasteiger partial charge >= 0.3 is 0 Å². The molecule has 2 aliphatic rings. The highest BCUT2D eigenvalue weighted by Crippen LogP contribution is 2.31. The van der Waals surface area contributed by atoms with Gasteiger partial charge in [0.05, 0.1) is 0 Å². The molecule has 2 fully saturated rings. The van der Waals surface area contributed by atoms with Crippen LogP contribution in [0.2, 0.25) is 0 Å². The fourth-order valence-electron chi connectivity index (χ4n) is 4.22. The second-order valence-electron chi connectivity index (χ2n) is 7.42. The summed E-state index contributed by atoms with van der Waals surface area (Å²) in [5.74, 6) is 1.03. The first-order chi connectivity index (χ1) is 12.7. The van der Waals surface area contributed by atoms with E-state index in [2.05, 4.69) is 9.97 Å². The maximum Gasteiger partial charge on any atom is 0.225 e. The number of benzene rings is 1. The van der Waals surface area contributed by atoms with Crippen LogP contribution in [0, 0.1) is 11.7 Å². The van der Waals surface area contributed by atoms with E-state index in [1.54, 1.807) is 12.3 Å². The maximum absolute atomic E-state index is 13.5. The predicted molar refractivity (Wildman–Crippen MR) is 97.9 cm³/mol. The Balaban J connectivity index is 1.51. The second kappa shape index (κ2) is 7.52. The Hall–Kier alpha value is -2.30. The molecule has 2 aromatic rings. The van der Waals surface area contributed by atoms with Crippen molar-refractivity contribution in [1.82, 2.24) is 14.9 Å². The van der Waals surface area contributed by atoms with Crippen molar-refractivity contribution >= 4 is 5.91 Å². The van der Waals surface area contributed by atoms with Gasteiger partial charge in [0.15, 0.2) is 5.82 Å². The third kappa shape index (κ3) is 3.62. The van der Waals surface area contributed by atoms with E-state index < -0.39 is 0 Å². The molecule has 0 radical (unpaired) electrons. The first kappa shape index (κ1) is 17.1. The van der Waals surface area contributed by atoms with Crippen LogP contribution in [0.5, 0.6) is 0 Å². The quantitative estimate of drug-likeness (QED) is 0.832. The Morgan fingerprint density at radius 2 is 1.96 bits per heavy atom. The molecule has 1 aromatic heterocycles. The van der Waals surface area contributed by atoms with Crippen molar-refractivity contribution in [3.8, 4) is 11.4 Å². The van der Waals surface area contributed by atoms with Gasteiger partial charge in [-0.05, 0) is 43.9 Å². The molecule has 1 aliphatic heterocycles. The molecule has 1 aromatic carbocycles. The molecule has 0 spiro atoms. The fourth-order valence-corrected chi connectivity index (χ4v) is 4.22. The predicted octanol–water partition coefficient (Wildman–Crippen LogP) is 4.18. The minimum Gasteiger partial charge on any atom is -0.342 e. The van der Waals surface area contributed by atoms with Gasteiger partial charge in [0.1, 0.15) is 5.82 Å². The van der Waals surface area contributed by atoms with Crippen molar-refractivity contribution in [2.45, 2.75) is 44.4 Å². The van der Waals surface area contributed by atoms with Crippen LogP contribution in [0.25, 0.3) is 11.4 Å². The number of carbonyl (C=O) groups excluding carboxylic acids is 1. The number of carbonyl (C=O) groups is 1. The first-order valence-corrected chi connectivity index (χ1v) is 9.58. The fraction of sp³-hybridized carbons (Fsp3) is 0.476. The highest BCUT2D eigenvalue weighted by atomic mass is 19.1. The monoisotopic (exact) mass is 353 g/mol. The first-order valence-electron chi connectivity index (χ1n) is 9.58. The highest BCUT2D eigenvalue weighted by molar-refractivity contribution is 5.79. The minimum atomic E-state index is -0.289. The van der Waals surface area contributed by atoms with Gasteiger partial charge in [-0.2, -0.15) is 0 Å². The van der Waals surface area contributed by atoms with Crippen LogP contribution in [-0.2, 0) is 4.79 Å². The molecule has 4 rings (SSSR count). The average molecular weight is 353 g/mol. The van der Waals surface area contributed by atoms with Gasteiger partial charge in [-0.1, -0.05) is 25.0 Å². The summed E-state index contributed by atoms with van der Waals surface area (Å²) < 4.78 is 13.5. The van der Waals surface area contributed by atoms with E-state index in [4.69, 9.17) is 0 Å². The topological polar surface area (TPSA) is 46.1 Å². The molecular formula is C21H24FN3O. The van der Waals surface area contributed by atoms with Crippen molar-refractivity contribution in [3.05, 3.63) is 48.0 Å². The molecule has 2 heterocycles. The van der Waals surface area contributed by atoms with E-state index in [1.807, 2.05) is 17.0 Å². The lowest BCUT2D eigenvalue weighted by molar-refractivity contribution is -0.136. The molecule has 5 heteroatoms. The molecule has 0 unspecified atom stereocenters. The number of amides is 1. The number of likely N-dealkylation sites (tertiary alicyclic amines) is 1. The molecule has 0 bridgehead atoms. The van der Waals surface area contributed by atoms with Crippen LogP contribution >= 0.6 is 0 Å². The summed E-state index contributed by atoms with van der Waals surface area (Å²) in [4.78, 5) is 23.8. The summed E-state index contributed by atoms with van der Waals surface area (Å²) in [6.45, 7) is 1.59. The molecule has 1 atom stereocenters. The summed E-state index contributed by atoms with van der Waals surface area (Å²) in [5, 5.41) is 0. The summed E-state index contributed by atoms with van der Waals surface area (Å²) in [5.41, 5.74) is 1.63. The zero-order valence-electron chi connectivity index (χ0n) is 14.9. The van der Waals surface area contributed by atoms with Crippen molar-refractivity contribution < 1.29 is 9.18 Å². The lowest BCUT2D eigenvalue weighted by atomic mass is 9.93. The molecule has 1 amide bonds. The molecule has 1 saturated carbocycles. The highest BCUT2D eigenvalue weighted by Gasteiger charge is 2.31. The molecular weight excluding hydrogens is 329 g/mol. The SMILES string of the molecule is O=C(C1CCCC1)N1CCC[C@H](c2ccnc(-c3cccc(F)c3)n2)C1. The third-order valence-corrected chi connectivity index (χ3v) is 5.62. The molecule has 1 aliphatic carbocycles. The zero-order valence-corrected chi connectivity index (χ0v) is 14.9. The van der Waals surface area contributed by atoms with Gasteiger partial charge in [0, 0.05) is 42.4 Å². The maximum atomic E-state index is 13.5. The average Bonchev–Trinajstić information content (AvgIpc) is 3.22. The van der Waals surface area contributed by atoms with E-state index in [0.717, 1.165) is 44.5 Å². The Morgan fingerprint density at radius 1 is 1.12 bits per heavy atom. The number of hydrogen-bond acceptors (Lipinski definition) is 3. The Morgan fingerprint density at radius 3 is 2.77 bits per heavy atom. The van der Waals surface area contributed by atoms with Gasteiger partial charge in [-0.15, -0.1) is 0 Å². The van der Waals surface area contributed by atoms with Crippen LogP contribution in [0.1, 0.15) is 50.1 Å². The van der Waals surface area contributed by atoms with E-state index in [1.165, 1.54) is 25.0 Å². The van der Waals surface area contributed by atoms with Gasteiger partial charge in [-0.3, -0.25) is 4.79 Å². The van der Waals surface area contributed by atoms with E-state index in [9.17, 15) is 9.18 Å². The lowest BCUT2D eigenvalue weighted by Gasteiger charge is -2.34. The third-order valence-electron chi connectivity index (χ3n) is 5.62. The zero-order chi connectivity index (χ0) is 17.9. The lowest BCUT2D eigenvalue weighted by Crippen LogP contribution is -2.42. The van der Waals surface area contributed by atoms with Crippen molar-refractivity contribution in [1.29, 1.82) is 0 Å². The minimum absolute atomic E-state index is 0.224. The number of nitrogens with zero attached hydrogens (tertiary/aromatic N) is 3. The number of halogens is 1. The van der Waals surface area contributed by atoms with Gasteiger partial charge in [0.2, 0.25) is 5.91 Å². The summed E-state index contributed by atoms with van der Waals surface area (Å²) in [7, 11) is 0. The number of aromatic nitrogens is 2. The van der Waals surface area contributed by atoms with Crippen molar-refractivity contribution in [3.63, 3.8) is 0 Å². The van der Waals surface area contributed by atoms with Crippen molar-refractivity contribution in [2.75, 3.05) is 13.1 Å². The van der Waals surface area contributed by atoms with Crippen LogP contribution in [-0.4, -0.2) is 33.9 Å². The van der Waals surface area contributed by atoms with Gasteiger partial charge < -0.3 is 4.90 Å². The molecule has 1 saturated heterocycles. The molecule has 136 valence electrons. The van der Waals surface area contributed by atoms with Gasteiger partial charge in [-0.25, -0.2) is 14.4 Å².